The van der Waals surface area contributed by atoms with Crippen molar-refractivity contribution in [3.05, 3.63) is 64.8 Å². The number of fused-ring (bicyclic) bond motifs is 1. The number of nitrogens with zero attached hydrogens (tertiary/aromatic N) is 1. The molecule has 1 aliphatic rings. The van der Waals surface area contributed by atoms with Crippen molar-refractivity contribution in [1.29, 1.82) is 0 Å². The molecule has 0 bridgehead atoms. The van der Waals surface area contributed by atoms with E-state index in [9.17, 15) is 18.0 Å². The summed E-state index contributed by atoms with van der Waals surface area (Å²) in [4.78, 5) is 12.0. The normalized spacial score (nSPS) is 15.9. The van der Waals surface area contributed by atoms with Gasteiger partial charge in [-0.2, -0.15) is 18.3 Å². The molecule has 4 N–H and O–H groups in total. The van der Waals surface area contributed by atoms with Crippen molar-refractivity contribution in [2.24, 2.45) is 0 Å². The smallest absolute Gasteiger partial charge is 0.416 e. The van der Waals surface area contributed by atoms with Crippen LogP contribution in [0.5, 0.6) is 11.5 Å². The van der Waals surface area contributed by atoms with Crippen molar-refractivity contribution < 1.29 is 27.4 Å². The molecule has 2 aromatic carbocycles. The van der Waals surface area contributed by atoms with Gasteiger partial charge in [0.15, 0.2) is 17.3 Å². The molecule has 1 amide bonds. The molecule has 1 atom stereocenters. The average Bonchev–Trinajstić information content (AvgIpc) is 3.19. The molecule has 3 aromatic rings. The molecule has 0 aliphatic carbocycles. The van der Waals surface area contributed by atoms with E-state index in [4.69, 9.17) is 15.2 Å². The first-order chi connectivity index (χ1) is 14.8. The van der Waals surface area contributed by atoms with Crippen LogP contribution in [0.15, 0.2) is 42.6 Å². The standard InChI is InChI=1S/C21H19F3N4O3/c1-30-18-6-11(14-8-19(29)27-20-15(14)9-26-28-20)3-5-17(18)31-10-12-2-4-13(25)7-16(12)21(22,23)24/h2-7,9,14H,8,10,25H2,1H3,(H2,26,27,28,29). The van der Waals surface area contributed by atoms with E-state index >= 15 is 0 Å². The number of carbonyl (C=O) groups is 1. The van der Waals surface area contributed by atoms with Gasteiger partial charge in [-0.15, -0.1) is 0 Å². The summed E-state index contributed by atoms with van der Waals surface area (Å²) in [6, 6.07) is 8.65. The van der Waals surface area contributed by atoms with Gasteiger partial charge < -0.3 is 20.5 Å². The topological polar surface area (TPSA) is 102 Å². The number of benzene rings is 2. The molecule has 7 nitrogen and oxygen atoms in total. The number of H-pyrrole nitrogens is 1. The van der Waals surface area contributed by atoms with Crippen LogP contribution in [-0.4, -0.2) is 23.2 Å². The zero-order valence-corrected chi connectivity index (χ0v) is 16.4. The van der Waals surface area contributed by atoms with E-state index in [1.54, 1.807) is 24.4 Å². The zero-order valence-electron chi connectivity index (χ0n) is 16.4. The first-order valence-electron chi connectivity index (χ1n) is 9.36. The van der Waals surface area contributed by atoms with E-state index in [1.165, 1.54) is 19.2 Å². The molecule has 1 aliphatic heterocycles. The van der Waals surface area contributed by atoms with Crippen LogP contribution < -0.4 is 20.5 Å². The van der Waals surface area contributed by atoms with Crippen LogP contribution in [-0.2, 0) is 17.6 Å². The number of carbonyl (C=O) groups excluding carboxylic acids is 1. The molecule has 0 spiro atoms. The van der Waals surface area contributed by atoms with Crippen molar-refractivity contribution in [1.82, 2.24) is 10.2 Å². The minimum atomic E-state index is -4.55. The summed E-state index contributed by atoms with van der Waals surface area (Å²) in [5.41, 5.74) is 6.28. The van der Waals surface area contributed by atoms with Gasteiger partial charge in [0.2, 0.25) is 5.91 Å². The second-order valence-electron chi connectivity index (χ2n) is 7.11. The monoisotopic (exact) mass is 432 g/mol. The Morgan fingerprint density at radius 3 is 2.74 bits per heavy atom. The van der Waals surface area contributed by atoms with Gasteiger partial charge >= 0.3 is 6.18 Å². The number of amides is 1. The van der Waals surface area contributed by atoms with Gasteiger partial charge in [0.1, 0.15) is 6.61 Å². The van der Waals surface area contributed by atoms with E-state index in [0.717, 1.165) is 17.2 Å². The number of hydrogen-bond acceptors (Lipinski definition) is 5. The Bertz CT molecular complexity index is 1130. The van der Waals surface area contributed by atoms with Crippen molar-refractivity contribution in [2.75, 3.05) is 18.2 Å². The summed E-state index contributed by atoms with van der Waals surface area (Å²) in [6.07, 6.45) is -2.60. The highest BCUT2D eigenvalue weighted by molar-refractivity contribution is 5.94. The maximum atomic E-state index is 13.3. The van der Waals surface area contributed by atoms with Crippen molar-refractivity contribution >= 4 is 17.4 Å². The van der Waals surface area contributed by atoms with Crippen LogP contribution >= 0.6 is 0 Å². The third-order valence-electron chi connectivity index (χ3n) is 5.11. The number of methoxy groups -OCH3 is 1. The van der Waals surface area contributed by atoms with Gasteiger partial charge in [0.25, 0.3) is 0 Å². The van der Waals surface area contributed by atoms with Gasteiger partial charge in [-0.1, -0.05) is 12.1 Å². The maximum Gasteiger partial charge on any atom is 0.416 e. The first kappa shape index (κ1) is 20.6. The molecule has 0 saturated carbocycles. The Labute approximate surface area is 175 Å². The van der Waals surface area contributed by atoms with Crippen LogP contribution in [0.25, 0.3) is 0 Å². The highest BCUT2D eigenvalue weighted by Gasteiger charge is 2.34. The van der Waals surface area contributed by atoms with Gasteiger partial charge in [0.05, 0.1) is 12.7 Å². The molecule has 162 valence electrons. The largest absolute Gasteiger partial charge is 0.493 e. The van der Waals surface area contributed by atoms with Gasteiger partial charge in [-0.25, -0.2) is 0 Å². The minimum Gasteiger partial charge on any atom is -0.493 e. The SMILES string of the molecule is COc1cc(C2CC(=O)Nc3n[nH]cc32)ccc1OCc1ccc(N)cc1C(F)(F)F. The quantitative estimate of drug-likeness (QED) is 0.528. The van der Waals surface area contributed by atoms with E-state index in [2.05, 4.69) is 15.5 Å². The summed E-state index contributed by atoms with van der Waals surface area (Å²) in [6.45, 7) is -0.317. The fourth-order valence-corrected chi connectivity index (χ4v) is 3.60. The highest BCUT2D eigenvalue weighted by Crippen LogP contribution is 2.40. The number of alkyl halides is 3. The number of aromatic amines is 1. The minimum absolute atomic E-state index is 0.0214. The average molecular weight is 432 g/mol. The van der Waals surface area contributed by atoms with Crippen LogP contribution in [0, 0.1) is 0 Å². The molecule has 2 heterocycles. The second-order valence-corrected chi connectivity index (χ2v) is 7.11. The Kier molecular flexibility index (Phi) is 5.22. The molecule has 1 aromatic heterocycles. The number of rotatable bonds is 5. The number of halogens is 3. The number of anilines is 2. The summed E-state index contributed by atoms with van der Waals surface area (Å²) in [7, 11) is 1.44. The van der Waals surface area contributed by atoms with Crippen LogP contribution in [0.4, 0.5) is 24.7 Å². The fraction of sp³-hybridized carbons (Fsp3) is 0.238. The fourth-order valence-electron chi connectivity index (χ4n) is 3.60. The van der Waals surface area contributed by atoms with E-state index in [0.29, 0.717) is 11.6 Å². The molecule has 4 rings (SSSR count). The van der Waals surface area contributed by atoms with E-state index in [1.807, 2.05) is 0 Å². The maximum absolute atomic E-state index is 13.3. The molecular formula is C21H19F3N4O3. The second kappa shape index (κ2) is 7.86. The van der Waals surface area contributed by atoms with Gasteiger partial charge in [-0.05, 0) is 29.8 Å². The molecule has 10 heteroatoms. The lowest BCUT2D eigenvalue weighted by Gasteiger charge is -2.23. The molecule has 0 fully saturated rings. The molecule has 0 radical (unpaired) electrons. The molecule has 31 heavy (non-hydrogen) atoms. The number of nitrogens with one attached hydrogen (secondary N) is 2. The van der Waals surface area contributed by atoms with Crippen LogP contribution in [0.1, 0.15) is 34.6 Å². The number of hydrogen-bond donors (Lipinski definition) is 3. The van der Waals surface area contributed by atoms with Crippen molar-refractivity contribution in [3.8, 4) is 11.5 Å². The number of nitrogens with two attached hydrogens (primary N) is 1. The van der Waals surface area contributed by atoms with Gasteiger partial charge in [-0.3, -0.25) is 9.89 Å². The molecule has 1 unspecified atom stereocenters. The molecule has 0 saturated heterocycles. The van der Waals surface area contributed by atoms with E-state index in [-0.39, 0.29) is 41.9 Å². The summed E-state index contributed by atoms with van der Waals surface area (Å²) in [5.74, 6) is 0.705. The van der Waals surface area contributed by atoms with Crippen LogP contribution in [0.2, 0.25) is 0 Å². The highest BCUT2D eigenvalue weighted by atomic mass is 19.4. The summed E-state index contributed by atoms with van der Waals surface area (Å²) in [5, 5.41) is 9.47. The van der Waals surface area contributed by atoms with Gasteiger partial charge in [0, 0.05) is 35.3 Å². The third-order valence-corrected chi connectivity index (χ3v) is 5.11. The van der Waals surface area contributed by atoms with Crippen LogP contribution in [0.3, 0.4) is 0 Å². The number of nitrogen functional groups attached to an aromatic ring is 1. The Hall–Kier alpha value is -3.69. The molecular weight excluding hydrogens is 413 g/mol. The lowest BCUT2D eigenvalue weighted by Crippen LogP contribution is -2.23. The van der Waals surface area contributed by atoms with E-state index < -0.39 is 11.7 Å². The number of aromatic nitrogens is 2. The predicted molar refractivity (Wildman–Crippen MR) is 107 cm³/mol. The van der Waals surface area contributed by atoms with Crippen molar-refractivity contribution in [3.63, 3.8) is 0 Å². The third kappa shape index (κ3) is 4.14. The Morgan fingerprint density at radius 2 is 2.00 bits per heavy atom. The Morgan fingerprint density at radius 1 is 1.19 bits per heavy atom. The summed E-state index contributed by atoms with van der Waals surface area (Å²) < 4.78 is 51.0. The number of ether oxygens (including phenoxy) is 2. The summed E-state index contributed by atoms with van der Waals surface area (Å²) >= 11 is 0. The first-order valence-corrected chi connectivity index (χ1v) is 9.36. The lowest BCUT2D eigenvalue weighted by molar-refractivity contribution is -0.138. The zero-order chi connectivity index (χ0) is 22.2. The lowest BCUT2D eigenvalue weighted by atomic mass is 9.87. The predicted octanol–water partition coefficient (Wildman–Crippen LogP) is 4.07. The Balaban J connectivity index is 1.59. The van der Waals surface area contributed by atoms with Crippen molar-refractivity contribution in [2.45, 2.75) is 25.1 Å².